The highest BCUT2D eigenvalue weighted by atomic mass is 35.5. The van der Waals surface area contributed by atoms with Gasteiger partial charge in [0.05, 0.1) is 0 Å². The van der Waals surface area contributed by atoms with Gasteiger partial charge in [0.25, 0.3) is 0 Å². The molecular formula is C15H13ClN2O. The Kier molecular flexibility index (Phi) is 4.70. The van der Waals surface area contributed by atoms with Crippen LogP contribution in [0.1, 0.15) is 11.1 Å². The minimum Gasteiger partial charge on any atom is -0.348 e. The van der Waals surface area contributed by atoms with Crippen molar-refractivity contribution in [1.29, 1.82) is 0 Å². The Morgan fingerprint density at radius 3 is 2.95 bits per heavy atom. The second-order valence-corrected chi connectivity index (χ2v) is 4.40. The lowest BCUT2D eigenvalue weighted by molar-refractivity contribution is -0.116. The molecule has 0 aliphatic heterocycles. The van der Waals surface area contributed by atoms with Gasteiger partial charge in [-0.25, -0.2) is 0 Å². The van der Waals surface area contributed by atoms with Gasteiger partial charge >= 0.3 is 0 Å². The van der Waals surface area contributed by atoms with Crippen molar-refractivity contribution in [3.05, 3.63) is 71.0 Å². The monoisotopic (exact) mass is 272 g/mol. The Bertz CT molecular complexity index is 582. The lowest BCUT2D eigenvalue weighted by atomic mass is 10.2. The quantitative estimate of drug-likeness (QED) is 0.869. The van der Waals surface area contributed by atoms with Crippen molar-refractivity contribution in [1.82, 2.24) is 10.3 Å². The molecule has 96 valence electrons. The summed E-state index contributed by atoms with van der Waals surface area (Å²) in [6.07, 6.45) is 6.60. The third kappa shape index (κ3) is 4.56. The van der Waals surface area contributed by atoms with Gasteiger partial charge in [0.2, 0.25) is 5.91 Å². The Morgan fingerprint density at radius 2 is 2.21 bits per heavy atom. The fourth-order valence-electron chi connectivity index (χ4n) is 1.54. The van der Waals surface area contributed by atoms with Crippen molar-refractivity contribution >= 4 is 23.6 Å². The van der Waals surface area contributed by atoms with E-state index in [1.807, 2.05) is 30.3 Å². The summed E-state index contributed by atoms with van der Waals surface area (Å²) in [5, 5.41) is 3.46. The van der Waals surface area contributed by atoms with Gasteiger partial charge in [-0.15, -0.1) is 0 Å². The molecule has 19 heavy (non-hydrogen) atoms. The highest BCUT2D eigenvalue weighted by Crippen LogP contribution is 2.10. The number of pyridine rings is 1. The largest absolute Gasteiger partial charge is 0.348 e. The van der Waals surface area contributed by atoms with Crippen molar-refractivity contribution in [2.45, 2.75) is 6.54 Å². The number of carbonyl (C=O) groups excluding carboxylic acids is 1. The van der Waals surface area contributed by atoms with E-state index in [0.717, 1.165) is 11.1 Å². The van der Waals surface area contributed by atoms with Crippen molar-refractivity contribution in [3.8, 4) is 0 Å². The zero-order chi connectivity index (χ0) is 13.5. The first-order valence-electron chi connectivity index (χ1n) is 5.84. The average molecular weight is 273 g/mol. The average Bonchev–Trinajstić information content (AvgIpc) is 2.44. The first-order chi connectivity index (χ1) is 9.24. The van der Waals surface area contributed by atoms with Crippen LogP contribution in [0, 0.1) is 0 Å². The van der Waals surface area contributed by atoms with Gasteiger partial charge in [0.1, 0.15) is 0 Å². The van der Waals surface area contributed by atoms with Crippen molar-refractivity contribution in [2.75, 3.05) is 0 Å². The second-order valence-electron chi connectivity index (χ2n) is 3.97. The zero-order valence-electron chi connectivity index (χ0n) is 10.2. The van der Waals surface area contributed by atoms with Crippen LogP contribution in [-0.4, -0.2) is 10.9 Å². The summed E-state index contributed by atoms with van der Waals surface area (Å²) in [6, 6.07) is 11.1. The normalized spacial score (nSPS) is 10.6. The Labute approximate surface area is 116 Å². The number of benzene rings is 1. The van der Waals surface area contributed by atoms with E-state index in [1.165, 1.54) is 6.08 Å². The number of nitrogens with one attached hydrogen (secondary N) is 1. The molecule has 0 atom stereocenters. The molecule has 1 heterocycles. The summed E-state index contributed by atoms with van der Waals surface area (Å²) >= 11 is 5.87. The molecule has 2 rings (SSSR count). The molecule has 4 heteroatoms. The molecule has 2 aromatic rings. The SMILES string of the molecule is O=C(/C=C/c1cccnc1)NCc1cccc(Cl)c1. The van der Waals surface area contributed by atoms with Crippen LogP contribution >= 0.6 is 11.6 Å². The highest BCUT2D eigenvalue weighted by molar-refractivity contribution is 6.30. The number of aromatic nitrogens is 1. The van der Waals surface area contributed by atoms with Crippen molar-refractivity contribution in [2.24, 2.45) is 0 Å². The van der Waals surface area contributed by atoms with Crippen molar-refractivity contribution < 1.29 is 4.79 Å². The minimum absolute atomic E-state index is 0.149. The molecule has 1 aromatic carbocycles. The summed E-state index contributed by atoms with van der Waals surface area (Å²) in [7, 11) is 0. The molecule has 0 bridgehead atoms. The fourth-order valence-corrected chi connectivity index (χ4v) is 1.75. The van der Waals surface area contributed by atoms with Crippen LogP contribution in [0.5, 0.6) is 0 Å². The van der Waals surface area contributed by atoms with Gasteiger partial charge in [-0.05, 0) is 35.4 Å². The van der Waals surface area contributed by atoms with E-state index in [9.17, 15) is 4.79 Å². The van der Waals surface area contributed by atoms with E-state index >= 15 is 0 Å². The number of halogens is 1. The standard InChI is InChI=1S/C15H13ClN2O/c16-14-5-1-3-13(9-14)11-18-15(19)7-6-12-4-2-8-17-10-12/h1-10H,11H2,(H,18,19)/b7-6+. The molecule has 1 N–H and O–H groups in total. The van der Waals surface area contributed by atoms with Crippen LogP contribution in [0.4, 0.5) is 0 Å². The van der Waals surface area contributed by atoms with Crippen LogP contribution in [0.25, 0.3) is 6.08 Å². The van der Waals surface area contributed by atoms with E-state index in [4.69, 9.17) is 11.6 Å². The van der Waals surface area contributed by atoms with E-state index in [1.54, 1.807) is 24.5 Å². The smallest absolute Gasteiger partial charge is 0.244 e. The number of rotatable bonds is 4. The summed E-state index contributed by atoms with van der Waals surface area (Å²) in [6.45, 7) is 0.455. The predicted octanol–water partition coefficient (Wildman–Crippen LogP) is 3.06. The molecule has 0 aliphatic rings. The molecule has 1 amide bonds. The van der Waals surface area contributed by atoms with E-state index in [2.05, 4.69) is 10.3 Å². The number of carbonyl (C=O) groups is 1. The van der Waals surface area contributed by atoms with Crippen LogP contribution in [0.15, 0.2) is 54.9 Å². The van der Waals surface area contributed by atoms with Crippen LogP contribution in [0.3, 0.4) is 0 Å². The molecule has 0 saturated heterocycles. The maximum Gasteiger partial charge on any atom is 0.244 e. The minimum atomic E-state index is -0.149. The lowest BCUT2D eigenvalue weighted by Gasteiger charge is -2.02. The molecule has 0 spiro atoms. The van der Waals surface area contributed by atoms with E-state index in [0.29, 0.717) is 11.6 Å². The molecule has 0 unspecified atom stereocenters. The predicted molar refractivity (Wildman–Crippen MR) is 76.6 cm³/mol. The zero-order valence-corrected chi connectivity index (χ0v) is 11.0. The molecule has 3 nitrogen and oxygen atoms in total. The summed E-state index contributed by atoms with van der Waals surface area (Å²) in [5.74, 6) is -0.149. The number of amides is 1. The molecular weight excluding hydrogens is 260 g/mol. The lowest BCUT2D eigenvalue weighted by Crippen LogP contribution is -2.20. The Morgan fingerprint density at radius 1 is 1.32 bits per heavy atom. The Hall–Kier alpha value is -2.13. The number of hydrogen-bond donors (Lipinski definition) is 1. The van der Waals surface area contributed by atoms with Gasteiger partial charge in [-0.2, -0.15) is 0 Å². The molecule has 0 radical (unpaired) electrons. The molecule has 1 aromatic heterocycles. The molecule has 0 fully saturated rings. The van der Waals surface area contributed by atoms with Crippen molar-refractivity contribution in [3.63, 3.8) is 0 Å². The fraction of sp³-hybridized carbons (Fsp3) is 0.0667. The number of nitrogens with zero attached hydrogens (tertiary/aromatic N) is 1. The third-order valence-electron chi connectivity index (χ3n) is 2.47. The van der Waals surface area contributed by atoms with Gasteiger partial charge in [-0.3, -0.25) is 9.78 Å². The van der Waals surface area contributed by atoms with Gasteiger partial charge in [0.15, 0.2) is 0 Å². The molecule has 0 aliphatic carbocycles. The van der Waals surface area contributed by atoms with Crippen LogP contribution in [0.2, 0.25) is 5.02 Å². The third-order valence-corrected chi connectivity index (χ3v) is 2.70. The van der Waals surface area contributed by atoms with E-state index in [-0.39, 0.29) is 5.91 Å². The van der Waals surface area contributed by atoms with Gasteiger partial charge in [0, 0.05) is 30.0 Å². The van der Waals surface area contributed by atoms with Crippen LogP contribution < -0.4 is 5.32 Å². The number of hydrogen-bond acceptors (Lipinski definition) is 2. The maximum atomic E-state index is 11.6. The second kappa shape index (κ2) is 6.71. The van der Waals surface area contributed by atoms with Gasteiger partial charge < -0.3 is 5.32 Å². The molecule has 0 saturated carbocycles. The van der Waals surface area contributed by atoms with Gasteiger partial charge in [-0.1, -0.05) is 29.8 Å². The highest BCUT2D eigenvalue weighted by Gasteiger charge is 1.97. The summed E-state index contributed by atoms with van der Waals surface area (Å²) in [5.41, 5.74) is 1.86. The first kappa shape index (κ1) is 13.3. The summed E-state index contributed by atoms with van der Waals surface area (Å²) in [4.78, 5) is 15.6. The first-order valence-corrected chi connectivity index (χ1v) is 6.22. The van der Waals surface area contributed by atoms with Crippen LogP contribution in [-0.2, 0) is 11.3 Å². The van der Waals surface area contributed by atoms with E-state index < -0.39 is 0 Å². The Balaban J connectivity index is 1.87. The maximum absolute atomic E-state index is 11.6. The summed E-state index contributed by atoms with van der Waals surface area (Å²) < 4.78 is 0. The topological polar surface area (TPSA) is 42.0 Å².